The predicted molar refractivity (Wildman–Crippen MR) is 72.2 cm³/mol. The van der Waals surface area contributed by atoms with E-state index in [1.54, 1.807) is 7.11 Å². The van der Waals surface area contributed by atoms with Crippen molar-refractivity contribution in [3.05, 3.63) is 29.3 Å². The third-order valence-corrected chi connectivity index (χ3v) is 2.96. The molecule has 1 aromatic rings. The molecule has 0 N–H and O–H groups in total. The van der Waals surface area contributed by atoms with Gasteiger partial charge >= 0.3 is 0 Å². The lowest BCUT2D eigenvalue weighted by Gasteiger charge is -2.26. The number of aryl methyl sites for hydroxylation is 1. The van der Waals surface area contributed by atoms with Crippen LogP contribution < -0.4 is 4.74 Å². The maximum atomic E-state index is 5.67. The maximum Gasteiger partial charge on any atom is 0.119 e. The van der Waals surface area contributed by atoms with Crippen molar-refractivity contribution in [3.63, 3.8) is 0 Å². The average molecular weight is 231 g/mol. The fraction of sp³-hybridized carbons (Fsp3) is 0.467. The van der Waals surface area contributed by atoms with Gasteiger partial charge in [0.15, 0.2) is 0 Å². The molecule has 0 aliphatic rings. The van der Waals surface area contributed by atoms with Gasteiger partial charge in [0.1, 0.15) is 5.75 Å². The van der Waals surface area contributed by atoms with E-state index in [0.717, 1.165) is 24.4 Å². The van der Waals surface area contributed by atoms with Crippen LogP contribution >= 0.6 is 0 Å². The number of hydrogen-bond donors (Lipinski definition) is 0. The summed E-state index contributed by atoms with van der Waals surface area (Å²) in [6.45, 7) is 8.20. The molecule has 0 bridgehead atoms. The zero-order chi connectivity index (χ0) is 12.8. The van der Waals surface area contributed by atoms with Crippen molar-refractivity contribution in [2.45, 2.75) is 26.8 Å². The third-order valence-electron chi connectivity index (χ3n) is 2.96. The quantitative estimate of drug-likeness (QED) is 0.722. The molecule has 1 unspecified atom stereocenters. The Morgan fingerprint density at radius 3 is 2.41 bits per heavy atom. The van der Waals surface area contributed by atoms with Crippen LogP contribution in [0.4, 0.5) is 0 Å². The Hall–Kier alpha value is -1.46. The molecule has 2 nitrogen and oxygen atoms in total. The summed E-state index contributed by atoms with van der Waals surface area (Å²) in [6, 6.07) is 6.19. The molecule has 0 amide bonds. The molecule has 0 spiro atoms. The van der Waals surface area contributed by atoms with E-state index >= 15 is 0 Å². The highest BCUT2D eigenvalue weighted by Gasteiger charge is 2.16. The predicted octanol–water partition coefficient (Wildman–Crippen LogP) is 3.02. The first-order valence-corrected chi connectivity index (χ1v) is 6.02. The normalized spacial score (nSPS) is 12.2. The van der Waals surface area contributed by atoms with Crippen LogP contribution in [0.2, 0.25) is 0 Å². The summed E-state index contributed by atoms with van der Waals surface area (Å²) in [5.41, 5.74) is 2.31. The average Bonchev–Trinajstić information content (AvgIpc) is 2.34. The Morgan fingerprint density at radius 1 is 1.29 bits per heavy atom. The van der Waals surface area contributed by atoms with Crippen molar-refractivity contribution in [1.29, 1.82) is 0 Å². The summed E-state index contributed by atoms with van der Waals surface area (Å²) in [6.07, 6.45) is 5.67. The van der Waals surface area contributed by atoms with Crippen LogP contribution in [0, 0.1) is 19.3 Å². The Labute approximate surface area is 105 Å². The van der Waals surface area contributed by atoms with E-state index in [1.807, 2.05) is 12.1 Å². The van der Waals surface area contributed by atoms with Crippen molar-refractivity contribution in [1.82, 2.24) is 4.90 Å². The van der Waals surface area contributed by atoms with E-state index < -0.39 is 0 Å². The molecule has 1 aromatic carbocycles. The summed E-state index contributed by atoms with van der Waals surface area (Å²) in [7, 11) is 1.68. The zero-order valence-corrected chi connectivity index (χ0v) is 11.2. The highest BCUT2D eigenvalue weighted by atomic mass is 16.5. The SMILES string of the molecule is C#CC(c1cc(C)cc(OC)c1)N(CC)CC. The molecule has 0 aliphatic carbocycles. The summed E-state index contributed by atoms with van der Waals surface area (Å²) in [4.78, 5) is 2.26. The molecule has 92 valence electrons. The van der Waals surface area contributed by atoms with Crippen LogP contribution in [0.25, 0.3) is 0 Å². The number of benzene rings is 1. The third kappa shape index (κ3) is 3.25. The van der Waals surface area contributed by atoms with Gasteiger partial charge in [-0.25, -0.2) is 0 Å². The van der Waals surface area contributed by atoms with Gasteiger partial charge in [0.25, 0.3) is 0 Å². The Kier molecular flexibility index (Phi) is 5.06. The number of hydrogen-bond acceptors (Lipinski definition) is 2. The highest BCUT2D eigenvalue weighted by molar-refractivity contribution is 5.38. The molecule has 0 heterocycles. The number of nitrogens with zero attached hydrogens (tertiary/aromatic N) is 1. The molecule has 0 saturated carbocycles. The summed E-state index contributed by atoms with van der Waals surface area (Å²) < 4.78 is 5.29. The summed E-state index contributed by atoms with van der Waals surface area (Å²) in [5.74, 6) is 3.74. The van der Waals surface area contributed by atoms with Gasteiger partial charge in [0.05, 0.1) is 13.2 Å². The van der Waals surface area contributed by atoms with E-state index in [1.165, 1.54) is 5.56 Å². The van der Waals surface area contributed by atoms with Gasteiger partial charge in [-0.1, -0.05) is 25.8 Å². The number of rotatable bonds is 5. The standard InChI is InChI=1S/C15H21NO/c1-6-15(16(7-2)8-3)13-9-12(4)10-14(11-13)17-5/h1,9-11,15H,7-8H2,2-5H3. The van der Waals surface area contributed by atoms with Gasteiger partial charge in [-0.05, 0) is 43.3 Å². The number of ether oxygens (including phenoxy) is 1. The molecule has 0 aliphatic heterocycles. The van der Waals surface area contributed by atoms with Gasteiger partial charge in [0.2, 0.25) is 0 Å². The number of methoxy groups -OCH3 is 1. The Bertz CT molecular complexity index is 402. The van der Waals surface area contributed by atoms with Crippen LogP contribution in [-0.2, 0) is 0 Å². The lowest BCUT2D eigenvalue weighted by molar-refractivity contribution is 0.264. The first-order valence-electron chi connectivity index (χ1n) is 6.02. The van der Waals surface area contributed by atoms with E-state index in [2.05, 4.69) is 37.7 Å². The van der Waals surface area contributed by atoms with Crippen LogP contribution in [0.1, 0.15) is 31.0 Å². The van der Waals surface area contributed by atoms with Gasteiger partial charge in [-0.2, -0.15) is 0 Å². The van der Waals surface area contributed by atoms with Crippen molar-refractivity contribution in [2.24, 2.45) is 0 Å². The minimum atomic E-state index is 0.0267. The Morgan fingerprint density at radius 2 is 1.94 bits per heavy atom. The van der Waals surface area contributed by atoms with E-state index in [0.29, 0.717) is 0 Å². The molecular formula is C15H21NO. The smallest absolute Gasteiger partial charge is 0.119 e. The van der Waals surface area contributed by atoms with Gasteiger partial charge in [-0.3, -0.25) is 4.90 Å². The monoisotopic (exact) mass is 231 g/mol. The second kappa shape index (κ2) is 6.32. The van der Waals surface area contributed by atoms with Crippen LogP contribution in [0.15, 0.2) is 18.2 Å². The molecule has 0 saturated heterocycles. The van der Waals surface area contributed by atoms with Crippen molar-refractivity contribution >= 4 is 0 Å². The van der Waals surface area contributed by atoms with E-state index in [9.17, 15) is 0 Å². The minimum absolute atomic E-state index is 0.0267. The fourth-order valence-electron chi connectivity index (χ4n) is 2.05. The summed E-state index contributed by atoms with van der Waals surface area (Å²) >= 11 is 0. The van der Waals surface area contributed by atoms with Gasteiger partial charge in [-0.15, -0.1) is 6.42 Å². The van der Waals surface area contributed by atoms with Crippen molar-refractivity contribution < 1.29 is 4.74 Å². The second-order valence-electron chi connectivity index (χ2n) is 4.07. The highest BCUT2D eigenvalue weighted by Crippen LogP contribution is 2.25. The van der Waals surface area contributed by atoms with Crippen LogP contribution in [-0.4, -0.2) is 25.1 Å². The van der Waals surface area contributed by atoms with Crippen molar-refractivity contribution in [2.75, 3.05) is 20.2 Å². The van der Waals surface area contributed by atoms with Crippen LogP contribution in [0.3, 0.4) is 0 Å². The zero-order valence-electron chi connectivity index (χ0n) is 11.2. The van der Waals surface area contributed by atoms with Crippen LogP contribution in [0.5, 0.6) is 5.75 Å². The van der Waals surface area contributed by atoms with Crippen molar-refractivity contribution in [3.8, 4) is 18.1 Å². The number of terminal acetylenes is 1. The van der Waals surface area contributed by atoms with Gasteiger partial charge in [0, 0.05) is 0 Å². The molecule has 1 rings (SSSR count). The molecule has 0 aromatic heterocycles. The topological polar surface area (TPSA) is 12.5 Å². The first kappa shape index (κ1) is 13.6. The molecular weight excluding hydrogens is 210 g/mol. The maximum absolute atomic E-state index is 5.67. The minimum Gasteiger partial charge on any atom is -0.497 e. The largest absolute Gasteiger partial charge is 0.497 e. The van der Waals surface area contributed by atoms with E-state index in [4.69, 9.17) is 11.2 Å². The van der Waals surface area contributed by atoms with Gasteiger partial charge < -0.3 is 4.74 Å². The fourth-order valence-corrected chi connectivity index (χ4v) is 2.05. The lowest BCUT2D eigenvalue weighted by atomic mass is 10.0. The van der Waals surface area contributed by atoms with E-state index in [-0.39, 0.29) is 6.04 Å². The molecule has 0 radical (unpaired) electrons. The Balaban J connectivity index is 3.11. The molecule has 17 heavy (non-hydrogen) atoms. The molecule has 2 heteroatoms. The molecule has 1 atom stereocenters. The summed E-state index contributed by atoms with van der Waals surface area (Å²) in [5, 5.41) is 0. The lowest BCUT2D eigenvalue weighted by Crippen LogP contribution is -2.27. The second-order valence-corrected chi connectivity index (χ2v) is 4.07. The molecule has 0 fully saturated rings. The first-order chi connectivity index (χ1) is 8.15.